The van der Waals surface area contributed by atoms with Crippen molar-refractivity contribution < 1.29 is 17.2 Å². The Labute approximate surface area is 125 Å². The monoisotopic (exact) mass is 312 g/mol. The molecule has 0 aliphatic rings. The maximum absolute atomic E-state index is 11.1. The lowest BCUT2D eigenvalue weighted by molar-refractivity contribution is -0.00969. The van der Waals surface area contributed by atoms with Gasteiger partial charge < -0.3 is 6.15 Å². The van der Waals surface area contributed by atoms with Gasteiger partial charge in [0.2, 0.25) is 0 Å². The molecule has 0 amide bonds. The van der Waals surface area contributed by atoms with Gasteiger partial charge in [-0.3, -0.25) is 4.55 Å². The molecule has 0 aromatic rings. The number of rotatable bonds is 11. The number of quaternary nitrogens is 1. The number of unbranched alkanes of at least 4 members (excludes halogenated alkanes) is 3. The largest absolute Gasteiger partial charge is 0.397 e. The highest BCUT2D eigenvalue weighted by molar-refractivity contribution is 7.80. The Hall–Kier alpha value is -0.170. The standard InChI is InChI=1S/C14H30O4S.H3N/c1-5-9-10-11-12-13(6-2)14(7-3,8-4)18-19(15,16)17;/h13H,5-12H2,1-4H3,(H,15,16,17);1H3/p+1. The Kier molecular flexibility index (Phi) is 11.7. The molecule has 0 saturated heterocycles. The minimum absolute atomic E-state index is 0. The van der Waals surface area contributed by atoms with Crippen molar-refractivity contribution in [1.82, 2.24) is 6.15 Å². The van der Waals surface area contributed by atoms with E-state index in [9.17, 15) is 8.42 Å². The minimum atomic E-state index is -4.40. The SMILES string of the molecule is CCCCCCC(CC)C(CC)(CC)OS(=O)(=O)O.[NH4+]. The molecule has 0 heterocycles. The topological polar surface area (TPSA) is 100 Å². The van der Waals surface area contributed by atoms with Gasteiger partial charge in [0.05, 0.1) is 5.60 Å². The number of hydrogen-bond acceptors (Lipinski definition) is 3. The van der Waals surface area contributed by atoms with Crippen molar-refractivity contribution >= 4 is 10.4 Å². The summed E-state index contributed by atoms with van der Waals surface area (Å²) in [5.41, 5.74) is -0.755. The van der Waals surface area contributed by atoms with Crippen LogP contribution in [-0.2, 0) is 14.6 Å². The average molecular weight is 312 g/mol. The van der Waals surface area contributed by atoms with E-state index in [-0.39, 0.29) is 12.1 Å². The first kappa shape index (κ1) is 22.1. The van der Waals surface area contributed by atoms with Crippen molar-refractivity contribution in [3.8, 4) is 0 Å². The van der Waals surface area contributed by atoms with Crippen molar-refractivity contribution in [3.63, 3.8) is 0 Å². The predicted octanol–water partition coefficient (Wildman–Crippen LogP) is 4.74. The first-order valence-corrected chi connectivity index (χ1v) is 8.89. The first-order chi connectivity index (χ1) is 8.85. The van der Waals surface area contributed by atoms with E-state index in [2.05, 4.69) is 13.8 Å². The molecular weight excluding hydrogens is 278 g/mol. The van der Waals surface area contributed by atoms with Gasteiger partial charge in [0.15, 0.2) is 0 Å². The van der Waals surface area contributed by atoms with Gasteiger partial charge in [-0.1, -0.05) is 59.8 Å². The maximum Gasteiger partial charge on any atom is 0.397 e. The molecule has 0 radical (unpaired) electrons. The zero-order chi connectivity index (χ0) is 14.9. The third-order valence-corrected chi connectivity index (χ3v) is 4.65. The lowest BCUT2D eigenvalue weighted by atomic mass is 9.78. The van der Waals surface area contributed by atoms with Crippen LogP contribution >= 0.6 is 0 Å². The molecule has 6 heteroatoms. The highest BCUT2D eigenvalue weighted by Gasteiger charge is 2.39. The highest BCUT2D eigenvalue weighted by Crippen LogP contribution is 2.36. The average Bonchev–Trinajstić information content (AvgIpc) is 2.35. The van der Waals surface area contributed by atoms with Gasteiger partial charge in [0, 0.05) is 0 Å². The molecule has 20 heavy (non-hydrogen) atoms. The van der Waals surface area contributed by atoms with Crippen LogP contribution in [0.25, 0.3) is 0 Å². The molecule has 0 bridgehead atoms. The van der Waals surface area contributed by atoms with Crippen molar-refractivity contribution in [1.29, 1.82) is 0 Å². The summed E-state index contributed by atoms with van der Waals surface area (Å²) >= 11 is 0. The predicted molar refractivity (Wildman–Crippen MR) is 84.5 cm³/mol. The molecule has 0 saturated carbocycles. The van der Waals surface area contributed by atoms with E-state index in [4.69, 9.17) is 8.74 Å². The Morgan fingerprint density at radius 2 is 1.60 bits per heavy atom. The van der Waals surface area contributed by atoms with Gasteiger partial charge in [-0.15, -0.1) is 0 Å². The quantitative estimate of drug-likeness (QED) is 0.425. The summed E-state index contributed by atoms with van der Waals surface area (Å²) in [5, 5.41) is 0. The summed E-state index contributed by atoms with van der Waals surface area (Å²) < 4.78 is 36.3. The van der Waals surface area contributed by atoms with Gasteiger partial charge in [-0.2, -0.15) is 8.42 Å². The zero-order valence-corrected chi connectivity index (χ0v) is 14.6. The second-order valence-electron chi connectivity index (χ2n) is 5.24. The normalized spacial score (nSPS) is 13.8. The second kappa shape index (κ2) is 10.5. The third-order valence-electron chi connectivity index (χ3n) is 4.11. The van der Waals surface area contributed by atoms with Crippen molar-refractivity contribution in [2.75, 3.05) is 0 Å². The molecule has 5 nitrogen and oxygen atoms in total. The van der Waals surface area contributed by atoms with E-state index >= 15 is 0 Å². The van der Waals surface area contributed by atoms with Crippen molar-refractivity contribution in [2.24, 2.45) is 5.92 Å². The van der Waals surface area contributed by atoms with E-state index in [1.54, 1.807) is 0 Å². The third kappa shape index (κ3) is 7.57. The molecule has 0 aliphatic heterocycles. The molecule has 0 aromatic carbocycles. The Balaban J connectivity index is 0. The molecule has 0 rings (SSSR count). The van der Waals surface area contributed by atoms with Crippen molar-refractivity contribution in [2.45, 2.75) is 84.7 Å². The summed E-state index contributed by atoms with van der Waals surface area (Å²) in [6, 6.07) is 0. The van der Waals surface area contributed by atoms with Crippen molar-refractivity contribution in [3.05, 3.63) is 0 Å². The van der Waals surface area contributed by atoms with E-state index in [0.717, 1.165) is 19.3 Å². The van der Waals surface area contributed by atoms with E-state index < -0.39 is 16.0 Å². The van der Waals surface area contributed by atoms with Crippen LogP contribution in [0.5, 0.6) is 0 Å². The lowest BCUT2D eigenvalue weighted by Crippen LogP contribution is -2.41. The van der Waals surface area contributed by atoms with E-state index in [1.807, 2.05) is 13.8 Å². The summed E-state index contributed by atoms with van der Waals surface area (Å²) in [6.45, 7) is 8.06. The van der Waals surface area contributed by atoms with Gasteiger partial charge in [-0.25, -0.2) is 4.18 Å². The Morgan fingerprint density at radius 1 is 1.05 bits per heavy atom. The van der Waals surface area contributed by atoms with Gasteiger partial charge >= 0.3 is 10.4 Å². The van der Waals surface area contributed by atoms with Crippen LogP contribution < -0.4 is 6.15 Å². The van der Waals surface area contributed by atoms with Crippen LogP contribution in [0.1, 0.15) is 79.1 Å². The summed E-state index contributed by atoms with van der Waals surface area (Å²) in [6.07, 6.45) is 7.65. The molecule has 0 spiro atoms. The van der Waals surface area contributed by atoms with Gasteiger partial charge in [0.25, 0.3) is 0 Å². The van der Waals surface area contributed by atoms with Crippen LogP contribution in [0.4, 0.5) is 0 Å². The molecule has 1 unspecified atom stereocenters. The summed E-state index contributed by atoms with van der Waals surface area (Å²) in [7, 11) is -4.40. The lowest BCUT2D eigenvalue weighted by Gasteiger charge is -2.37. The van der Waals surface area contributed by atoms with Crippen LogP contribution in [0.2, 0.25) is 0 Å². The molecule has 5 N–H and O–H groups in total. The molecular formula is C14H34NO4S+. The van der Waals surface area contributed by atoms with Crippen LogP contribution in [0.3, 0.4) is 0 Å². The van der Waals surface area contributed by atoms with Crippen LogP contribution in [0.15, 0.2) is 0 Å². The van der Waals surface area contributed by atoms with E-state index in [0.29, 0.717) is 12.8 Å². The summed E-state index contributed by atoms with van der Waals surface area (Å²) in [4.78, 5) is 0. The van der Waals surface area contributed by atoms with Gasteiger partial charge in [-0.05, 0) is 25.2 Å². The molecule has 124 valence electrons. The first-order valence-electron chi connectivity index (χ1n) is 7.53. The second-order valence-corrected chi connectivity index (χ2v) is 6.26. The molecule has 0 aromatic heterocycles. The summed E-state index contributed by atoms with van der Waals surface area (Å²) in [5.74, 6) is 0.168. The number of hydrogen-bond donors (Lipinski definition) is 2. The fraction of sp³-hybridized carbons (Fsp3) is 1.00. The minimum Gasteiger partial charge on any atom is -0.369 e. The molecule has 0 aliphatic carbocycles. The Morgan fingerprint density at radius 3 is 1.95 bits per heavy atom. The zero-order valence-electron chi connectivity index (χ0n) is 13.8. The van der Waals surface area contributed by atoms with E-state index in [1.165, 1.54) is 19.3 Å². The fourth-order valence-electron chi connectivity index (χ4n) is 2.88. The smallest absolute Gasteiger partial charge is 0.369 e. The molecule has 1 atom stereocenters. The van der Waals surface area contributed by atoms with Crippen LogP contribution in [0, 0.1) is 5.92 Å². The van der Waals surface area contributed by atoms with Crippen LogP contribution in [-0.4, -0.2) is 18.6 Å². The van der Waals surface area contributed by atoms with Gasteiger partial charge in [0.1, 0.15) is 0 Å². The highest BCUT2D eigenvalue weighted by atomic mass is 32.3. The fourth-order valence-corrected chi connectivity index (χ4v) is 3.67. The maximum atomic E-state index is 11.1. The Bertz CT molecular complexity index is 326. The molecule has 0 fully saturated rings.